The molecule has 0 aliphatic rings. The third-order valence-corrected chi connectivity index (χ3v) is 9.45. The Balaban J connectivity index is 3.70. The van der Waals surface area contributed by atoms with Gasteiger partial charge in [-0.1, -0.05) is 185 Å². The first-order valence-corrected chi connectivity index (χ1v) is 20.8. The van der Waals surface area contributed by atoms with Crippen LogP contribution in [0.4, 0.5) is 0 Å². The van der Waals surface area contributed by atoms with Gasteiger partial charge in [0.2, 0.25) is 5.91 Å². The Morgan fingerprint density at radius 3 is 1.31 bits per heavy atom. The monoisotopic (exact) mass is 676 g/mol. The third kappa shape index (κ3) is 33.1. The highest BCUT2D eigenvalue weighted by Gasteiger charge is 2.22. The number of hydrogen-bond acceptors (Lipinski definition) is 4. The lowest BCUT2D eigenvalue weighted by Gasteiger charge is -2.21. The molecule has 282 valence electrons. The van der Waals surface area contributed by atoms with Crippen molar-refractivity contribution >= 4 is 5.91 Å². The number of allylic oxidation sites excluding steroid dienone is 5. The molecule has 5 nitrogen and oxygen atoms in total. The van der Waals surface area contributed by atoms with E-state index >= 15 is 0 Å². The Bertz CT molecular complexity index is 749. The maximum absolute atomic E-state index is 12.4. The molecule has 0 aromatic rings. The second-order valence-electron chi connectivity index (χ2n) is 14.2. The number of aliphatic hydroxyl groups excluding tert-OH is 3. The average Bonchev–Trinajstić information content (AvgIpc) is 3.09. The molecule has 3 atom stereocenters. The highest BCUT2D eigenvalue weighted by Crippen LogP contribution is 2.15. The zero-order valence-corrected chi connectivity index (χ0v) is 31.9. The maximum Gasteiger partial charge on any atom is 0.249 e. The van der Waals surface area contributed by atoms with Gasteiger partial charge in [0, 0.05) is 0 Å². The quantitative estimate of drug-likeness (QED) is 0.0390. The molecule has 1 amide bonds. The van der Waals surface area contributed by atoms with Gasteiger partial charge in [0.25, 0.3) is 0 Å². The lowest BCUT2D eigenvalue weighted by molar-refractivity contribution is -0.131. The van der Waals surface area contributed by atoms with Crippen LogP contribution >= 0.6 is 0 Å². The van der Waals surface area contributed by atoms with Crippen LogP contribution in [0.15, 0.2) is 36.5 Å². The molecule has 0 aliphatic carbocycles. The number of unbranched alkanes of at least 4 members (excludes halogenated alkanes) is 25. The van der Waals surface area contributed by atoms with Crippen molar-refractivity contribution < 1.29 is 20.1 Å². The van der Waals surface area contributed by atoms with Crippen molar-refractivity contribution in [1.29, 1.82) is 0 Å². The lowest BCUT2D eigenvalue weighted by atomic mass is 10.0. The zero-order chi connectivity index (χ0) is 35.2. The summed E-state index contributed by atoms with van der Waals surface area (Å²) < 4.78 is 0. The highest BCUT2D eigenvalue weighted by atomic mass is 16.3. The van der Waals surface area contributed by atoms with Gasteiger partial charge in [-0.15, -0.1) is 0 Å². The van der Waals surface area contributed by atoms with Crippen molar-refractivity contribution in [2.24, 2.45) is 0 Å². The fourth-order valence-electron chi connectivity index (χ4n) is 6.14. The van der Waals surface area contributed by atoms with Crippen LogP contribution in [-0.4, -0.2) is 46.1 Å². The Morgan fingerprint density at radius 1 is 0.500 bits per heavy atom. The molecule has 3 unspecified atom stereocenters. The molecule has 4 N–H and O–H groups in total. The Kier molecular flexibility index (Phi) is 37.2. The van der Waals surface area contributed by atoms with Crippen LogP contribution in [-0.2, 0) is 4.79 Å². The Hall–Kier alpha value is -1.43. The van der Waals surface area contributed by atoms with Gasteiger partial charge in [-0.25, -0.2) is 0 Å². The minimum absolute atomic E-state index is 0.380. The first kappa shape index (κ1) is 46.6. The summed E-state index contributed by atoms with van der Waals surface area (Å²) in [4.78, 5) is 12.4. The van der Waals surface area contributed by atoms with Crippen molar-refractivity contribution in [3.05, 3.63) is 36.5 Å². The second-order valence-corrected chi connectivity index (χ2v) is 14.2. The van der Waals surface area contributed by atoms with Crippen LogP contribution in [0.25, 0.3) is 0 Å². The Morgan fingerprint density at radius 2 is 0.854 bits per heavy atom. The number of amides is 1. The van der Waals surface area contributed by atoms with Gasteiger partial charge >= 0.3 is 0 Å². The summed E-state index contributed by atoms with van der Waals surface area (Å²) >= 11 is 0. The first-order valence-electron chi connectivity index (χ1n) is 20.8. The summed E-state index contributed by atoms with van der Waals surface area (Å²) in [6.45, 7) is 4.13. The van der Waals surface area contributed by atoms with E-state index in [4.69, 9.17) is 0 Å². The molecule has 0 aromatic heterocycles. The number of hydrogen-bond donors (Lipinski definition) is 4. The minimum atomic E-state index is -1.11. The molecule has 0 aliphatic heterocycles. The molecule has 5 heteroatoms. The summed E-state index contributed by atoms with van der Waals surface area (Å²) in [6, 6.07) is -0.817. The summed E-state index contributed by atoms with van der Waals surface area (Å²) in [7, 11) is 0. The van der Waals surface area contributed by atoms with E-state index < -0.39 is 24.2 Å². The van der Waals surface area contributed by atoms with E-state index in [-0.39, 0.29) is 6.61 Å². The smallest absolute Gasteiger partial charge is 0.249 e. The predicted octanol–water partition coefficient (Wildman–Crippen LogP) is 11.6. The van der Waals surface area contributed by atoms with Crippen molar-refractivity contribution in [3.63, 3.8) is 0 Å². The van der Waals surface area contributed by atoms with Crippen molar-refractivity contribution in [2.75, 3.05) is 6.61 Å². The minimum Gasteiger partial charge on any atom is -0.394 e. The summed E-state index contributed by atoms with van der Waals surface area (Å²) in [6.07, 6.45) is 47.5. The summed E-state index contributed by atoms with van der Waals surface area (Å²) in [5.74, 6) is -0.524. The van der Waals surface area contributed by atoms with Gasteiger partial charge in [-0.05, 0) is 57.8 Å². The van der Waals surface area contributed by atoms with Gasteiger partial charge in [-0.3, -0.25) is 4.79 Å². The van der Waals surface area contributed by atoms with Crippen LogP contribution in [0.2, 0.25) is 0 Å². The summed E-state index contributed by atoms with van der Waals surface area (Å²) in [5.41, 5.74) is 0. The topological polar surface area (TPSA) is 89.8 Å². The molecule has 0 heterocycles. The summed E-state index contributed by atoms with van der Waals surface area (Å²) in [5, 5.41) is 33.0. The van der Waals surface area contributed by atoms with Crippen molar-refractivity contribution in [3.8, 4) is 0 Å². The molecule has 0 fully saturated rings. The fourth-order valence-corrected chi connectivity index (χ4v) is 6.14. The zero-order valence-electron chi connectivity index (χ0n) is 31.9. The normalized spacial score (nSPS) is 14.0. The van der Waals surface area contributed by atoms with E-state index in [2.05, 4.69) is 43.5 Å². The SMILES string of the molecule is CCCCC/C=C\CCCCCCC(O)C(=O)NC(CO)C(O)/C=C/CC/C=C/CCCCCCCCCCCCCCCCCCC. The van der Waals surface area contributed by atoms with Crippen LogP contribution < -0.4 is 5.32 Å². The molecule has 0 radical (unpaired) electrons. The molecule has 0 spiro atoms. The Labute approximate surface area is 298 Å². The highest BCUT2D eigenvalue weighted by molar-refractivity contribution is 5.80. The van der Waals surface area contributed by atoms with Gasteiger partial charge < -0.3 is 20.6 Å². The first-order chi connectivity index (χ1) is 23.6. The molecule has 0 rings (SSSR count). The van der Waals surface area contributed by atoms with E-state index in [1.165, 1.54) is 135 Å². The molecule has 0 aromatic carbocycles. The second kappa shape index (κ2) is 38.4. The number of rotatable bonds is 37. The van der Waals surface area contributed by atoms with Crippen LogP contribution in [0.5, 0.6) is 0 Å². The van der Waals surface area contributed by atoms with E-state index in [0.717, 1.165) is 51.4 Å². The standard InChI is InChI=1S/C43H81NO4/c1-3-5-7-9-11-13-15-16-17-18-19-20-21-22-23-24-25-26-28-29-31-33-35-37-41(46)40(39-45)44-43(48)42(47)38-36-34-32-30-27-14-12-10-8-6-4-2/h12,14,28-29,35,37,40-42,45-47H,3-11,13,15-27,30-34,36,38-39H2,1-2H3,(H,44,48)/b14-12-,29-28+,37-35+. The predicted molar refractivity (Wildman–Crippen MR) is 208 cm³/mol. The van der Waals surface area contributed by atoms with E-state index in [1.807, 2.05) is 6.08 Å². The van der Waals surface area contributed by atoms with Crippen LogP contribution in [0.1, 0.15) is 206 Å². The molecule has 48 heavy (non-hydrogen) atoms. The van der Waals surface area contributed by atoms with Crippen LogP contribution in [0.3, 0.4) is 0 Å². The number of carbonyl (C=O) groups excluding carboxylic acids is 1. The number of aliphatic hydroxyl groups is 3. The van der Waals surface area contributed by atoms with Gasteiger partial charge in [-0.2, -0.15) is 0 Å². The van der Waals surface area contributed by atoms with Gasteiger partial charge in [0.1, 0.15) is 6.10 Å². The third-order valence-electron chi connectivity index (χ3n) is 9.45. The largest absolute Gasteiger partial charge is 0.394 e. The molecular formula is C43H81NO4. The maximum atomic E-state index is 12.4. The molecular weight excluding hydrogens is 594 g/mol. The average molecular weight is 676 g/mol. The van der Waals surface area contributed by atoms with Crippen molar-refractivity contribution in [2.45, 2.75) is 225 Å². The van der Waals surface area contributed by atoms with E-state index in [1.54, 1.807) is 6.08 Å². The van der Waals surface area contributed by atoms with Gasteiger partial charge in [0.05, 0.1) is 18.8 Å². The lowest BCUT2D eigenvalue weighted by Crippen LogP contribution is -2.48. The van der Waals surface area contributed by atoms with E-state index in [0.29, 0.717) is 6.42 Å². The van der Waals surface area contributed by atoms with Crippen LogP contribution in [0, 0.1) is 0 Å². The molecule has 0 saturated heterocycles. The molecule has 0 bridgehead atoms. The number of carbonyl (C=O) groups is 1. The molecule has 0 saturated carbocycles. The number of nitrogens with one attached hydrogen (secondary N) is 1. The van der Waals surface area contributed by atoms with E-state index in [9.17, 15) is 20.1 Å². The fraction of sp³-hybridized carbons (Fsp3) is 0.837. The van der Waals surface area contributed by atoms with Gasteiger partial charge in [0.15, 0.2) is 0 Å². The van der Waals surface area contributed by atoms with Crippen molar-refractivity contribution in [1.82, 2.24) is 5.32 Å².